The van der Waals surface area contributed by atoms with Gasteiger partial charge in [0.2, 0.25) is 5.60 Å². The summed E-state index contributed by atoms with van der Waals surface area (Å²) in [4.78, 5) is 15.1. The fourth-order valence-corrected chi connectivity index (χ4v) is 1.88. The van der Waals surface area contributed by atoms with Gasteiger partial charge in [0, 0.05) is 19.9 Å². The van der Waals surface area contributed by atoms with Gasteiger partial charge in [-0.1, -0.05) is 6.92 Å². The Hall–Kier alpha value is -1.10. The molecule has 0 unspecified atom stereocenters. The SMILES string of the molecule is CC[C@@](O)(C(=O)O)[C@]1(C)CCN=C(C)O1. The Labute approximate surface area is 88.8 Å². The maximum atomic E-state index is 11.1. The monoisotopic (exact) mass is 215 g/mol. The van der Waals surface area contributed by atoms with Crippen molar-refractivity contribution in [2.75, 3.05) is 6.54 Å². The van der Waals surface area contributed by atoms with E-state index in [2.05, 4.69) is 4.99 Å². The fourth-order valence-electron chi connectivity index (χ4n) is 1.88. The predicted molar refractivity (Wildman–Crippen MR) is 55.0 cm³/mol. The van der Waals surface area contributed by atoms with Gasteiger partial charge in [-0.3, -0.25) is 4.99 Å². The molecule has 86 valence electrons. The lowest BCUT2D eigenvalue weighted by molar-refractivity contribution is -0.189. The van der Waals surface area contributed by atoms with Crippen molar-refractivity contribution in [2.45, 2.75) is 44.8 Å². The van der Waals surface area contributed by atoms with E-state index in [-0.39, 0.29) is 6.42 Å². The Balaban J connectivity index is 3.03. The van der Waals surface area contributed by atoms with E-state index in [0.717, 1.165) is 0 Å². The largest absolute Gasteiger partial charge is 0.479 e. The highest BCUT2D eigenvalue weighted by molar-refractivity contribution is 5.81. The molecule has 0 aromatic rings. The summed E-state index contributed by atoms with van der Waals surface area (Å²) in [7, 11) is 0. The summed E-state index contributed by atoms with van der Waals surface area (Å²) < 4.78 is 5.41. The van der Waals surface area contributed by atoms with Crippen molar-refractivity contribution in [3.63, 3.8) is 0 Å². The number of aliphatic carboxylic acids is 1. The van der Waals surface area contributed by atoms with Crippen molar-refractivity contribution in [1.82, 2.24) is 0 Å². The van der Waals surface area contributed by atoms with Gasteiger partial charge in [-0.2, -0.15) is 0 Å². The third-order valence-corrected chi connectivity index (χ3v) is 3.04. The van der Waals surface area contributed by atoms with E-state index in [0.29, 0.717) is 18.9 Å². The van der Waals surface area contributed by atoms with Gasteiger partial charge in [-0.25, -0.2) is 4.79 Å². The van der Waals surface area contributed by atoms with E-state index < -0.39 is 17.2 Å². The Kier molecular flexibility index (Phi) is 3.04. The average Bonchev–Trinajstić information content (AvgIpc) is 2.15. The molecule has 0 radical (unpaired) electrons. The number of hydrogen-bond acceptors (Lipinski definition) is 4. The first-order valence-corrected chi connectivity index (χ1v) is 5.01. The van der Waals surface area contributed by atoms with E-state index in [9.17, 15) is 9.90 Å². The number of aliphatic hydroxyl groups is 1. The Morgan fingerprint density at radius 1 is 1.73 bits per heavy atom. The second-order valence-corrected chi connectivity index (χ2v) is 4.00. The number of hydrogen-bond donors (Lipinski definition) is 2. The van der Waals surface area contributed by atoms with Crippen LogP contribution in [0.5, 0.6) is 0 Å². The molecule has 0 spiro atoms. The summed E-state index contributed by atoms with van der Waals surface area (Å²) in [5.74, 6) is -0.820. The van der Waals surface area contributed by atoms with Crippen molar-refractivity contribution < 1.29 is 19.7 Å². The van der Waals surface area contributed by atoms with Crippen LogP contribution in [0.4, 0.5) is 0 Å². The number of aliphatic imine (C=N–C) groups is 1. The number of carbonyl (C=O) groups is 1. The molecule has 2 atom stereocenters. The smallest absolute Gasteiger partial charge is 0.339 e. The van der Waals surface area contributed by atoms with Crippen molar-refractivity contribution in [3.8, 4) is 0 Å². The molecule has 1 aliphatic heterocycles. The van der Waals surface area contributed by atoms with Crippen molar-refractivity contribution >= 4 is 11.9 Å². The maximum absolute atomic E-state index is 11.1. The lowest BCUT2D eigenvalue weighted by Crippen LogP contribution is -2.60. The van der Waals surface area contributed by atoms with Gasteiger partial charge in [0.15, 0.2) is 5.90 Å². The van der Waals surface area contributed by atoms with Gasteiger partial charge < -0.3 is 14.9 Å². The van der Waals surface area contributed by atoms with Crippen LogP contribution in [-0.4, -0.2) is 39.8 Å². The third-order valence-electron chi connectivity index (χ3n) is 3.04. The normalized spacial score (nSPS) is 30.0. The lowest BCUT2D eigenvalue weighted by Gasteiger charge is -2.42. The third kappa shape index (κ3) is 1.84. The zero-order valence-corrected chi connectivity index (χ0v) is 9.28. The molecule has 5 nitrogen and oxygen atoms in total. The molecule has 2 N–H and O–H groups in total. The quantitative estimate of drug-likeness (QED) is 0.730. The average molecular weight is 215 g/mol. The van der Waals surface area contributed by atoms with Crippen LogP contribution in [0.1, 0.15) is 33.6 Å². The summed E-state index contributed by atoms with van der Waals surface area (Å²) in [6.07, 6.45) is 0.507. The lowest BCUT2D eigenvalue weighted by atomic mass is 9.79. The molecular formula is C10H17NO4. The van der Waals surface area contributed by atoms with E-state index in [1.807, 2.05) is 0 Å². The highest BCUT2D eigenvalue weighted by Gasteiger charge is 2.54. The molecule has 0 aliphatic carbocycles. The molecule has 5 heteroatoms. The van der Waals surface area contributed by atoms with Crippen molar-refractivity contribution in [2.24, 2.45) is 4.99 Å². The van der Waals surface area contributed by atoms with Crippen LogP contribution in [0, 0.1) is 0 Å². The summed E-state index contributed by atoms with van der Waals surface area (Å²) in [6.45, 7) is 5.39. The predicted octanol–water partition coefficient (Wildman–Crippen LogP) is 0.810. The first kappa shape index (κ1) is 12.0. The van der Waals surface area contributed by atoms with Gasteiger partial charge >= 0.3 is 5.97 Å². The van der Waals surface area contributed by atoms with E-state index in [1.54, 1.807) is 20.8 Å². The molecule has 0 amide bonds. The number of carboxylic acids is 1. The van der Waals surface area contributed by atoms with E-state index in [4.69, 9.17) is 9.84 Å². The summed E-state index contributed by atoms with van der Waals surface area (Å²) >= 11 is 0. The molecule has 1 heterocycles. The van der Waals surface area contributed by atoms with E-state index in [1.165, 1.54) is 0 Å². The molecule has 0 saturated heterocycles. The molecule has 1 rings (SSSR count). The minimum atomic E-state index is -1.86. The molecule has 0 bridgehead atoms. The van der Waals surface area contributed by atoms with E-state index >= 15 is 0 Å². The van der Waals surface area contributed by atoms with Crippen LogP contribution in [0.25, 0.3) is 0 Å². The molecular weight excluding hydrogens is 198 g/mol. The molecule has 0 saturated carbocycles. The Bertz CT molecular complexity index is 302. The van der Waals surface area contributed by atoms with Crippen LogP contribution < -0.4 is 0 Å². The molecule has 0 fully saturated rings. The first-order valence-electron chi connectivity index (χ1n) is 5.01. The Morgan fingerprint density at radius 2 is 2.33 bits per heavy atom. The summed E-state index contributed by atoms with van der Waals surface area (Å²) in [5, 5.41) is 19.2. The number of ether oxygens (including phenoxy) is 1. The minimum absolute atomic E-state index is 0.103. The molecule has 15 heavy (non-hydrogen) atoms. The van der Waals surface area contributed by atoms with Crippen LogP contribution in [0.2, 0.25) is 0 Å². The standard InChI is InChI=1S/C10H17NO4/c1-4-10(14,8(12)13)9(3)5-6-11-7(2)15-9/h14H,4-6H2,1-3H3,(H,12,13)/t9-,10+/m0/s1. The van der Waals surface area contributed by atoms with Crippen LogP contribution in [0.3, 0.4) is 0 Å². The number of nitrogens with zero attached hydrogens (tertiary/aromatic N) is 1. The fraction of sp³-hybridized carbons (Fsp3) is 0.800. The zero-order valence-electron chi connectivity index (χ0n) is 9.28. The van der Waals surface area contributed by atoms with Gasteiger partial charge in [0.1, 0.15) is 5.60 Å². The van der Waals surface area contributed by atoms with Crippen molar-refractivity contribution in [3.05, 3.63) is 0 Å². The second-order valence-electron chi connectivity index (χ2n) is 4.00. The summed E-state index contributed by atoms with van der Waals surface area (Å²) in [6, 6.07) is 0. The highest BCUT2D eigenvalue weighted by atomic mass is 16.5. The maximum Gasteiger partial charge on any atom is 0.339 e. The van der Waals surface area contributed by atoms with Gasteiger partial charge in [-0.05, 0) is 13.3 Å². The van der Waals surface area contributed by atoms with Crippen LogP contribution in [0.15, 0.2) is 4.99 Å². The van der Waals surface area contributed by atoms with Gasteiger partial charge in [0.05, 0.1) is 0 Å². The Morgan fingerprint density at radius 3 is 2.73 bits per heavy atom. The molecule has 0 aromatic heterocycles. The van der Waals surface area contributed by atoms with Gasteiger partial charge in [0.25, 0.3) is 0 Å². The van der Waals surface area contributed by atoms with Crippen LogP contribution >= 0.6 is 0 Å². The van der Waals surface area contributed by atoms with Crippen molar-refractivity contribution in [1.29, 1.82) is 0 Å². The summed E-state index contributed by atoms with van der Waals surface area (Å²) in [5.41, 5.74) is -2.95. The van der Waals surface area contributed by atoms with Gasteiger partial charge in [-0.15, -0.1) is 0 Å². The molecule has 1 aliphatic rings. The first-order chi connectivity index (χ1) is 6.85. The molecule has 0 aromatic carbocycles. The number of rotatable bonds is 3. The van der Waals surface area contributed by atoms with Crippen LogP contribution in [-0.2, 0) is 9.53 Å². The minimum Gasteiger partial charge on any atom is -0.479 e. The highest BCUT2D eigenvalue weighted by Crippen LogP contribution is 2.35. The topological polar surface area (TPSA) is 79.1 Å². The zero-order chi connectivity index (χ0) is 11.7. The number of carboxylic acid groups (broad SMARTS) is 1. The second kappa shape index (κ2) is 3.81.